The molecule has 2 aliphatic heterocycles. The van der Waals surface area contributed by atoms with Gasteiger partial charge in [-0.15, -0.1) is 0 Å². The maximum atomic E-state index is 12.5. The fraction of sp³-hybridized carbons (Fsp3) is 0.571. The molecule has 24 heavy (non-hydrogen) atoms. The second-order valence-corrected chi connectivity index (χ2v) is 9.37. The number of amides is 2. The zero-order chi connectivity index (χ0) is 18.2. The summed E-state index contributed by atoms with van der Waals surface area (Å²) in [5, 5.41) is 6.13. The summed E-state index contributed by atoms with van der Waals surface area (Å²) in [6, 6.07) is 0. The molecule has 2 atom stereocenters. The molecular weight excluding hydrogens is 384 g/mol. The van der Waals surface area contributed by atoms with Gasteiger partial charge in [-0.05, 0) is 12.3 Å². The van der Waals surface area contributed by atoms with Crippen molar-refractivity contribution in [2.75, 3.05) is 28.2 Å². The Bertz CT molecular complexity index is 620. The fourth-order valence-electron chi connectivity index (χ4n) is 2.40. The number of thiocarbonyl (C=S) groups is 2. The van der Waals surface area contributed by atoms with Gasteiger partial charge < -0.3 is 0 Å². The Morgan fingerprint density at radius 3 is 2.17 bits per heavy atom. The van der Waals surface area contributed by atoms with Gasteiger partial charge in [0, 0.05) is 28.2 Å². The van der Waals surface area contributed by atoms with Gasteiger partial charge in [0.25, 0.3) is 11.8 Å². The Labute approximate surface area is 161 Å². The maximum Gasteiger partial charge on any atom is 0.280 e. The summed E-state index contributed by atoms with van der Waals surface area (Å²) in [6.07, 6.45) is 2.49. The van der Waals surface area contributed by atoms with Gasteiger partial charge >= 0.3 is 0 Å². The summed E-state index contributed by atoms with van der Waals surface area (Å²) >= 11 is 13.2. The third-order valence-corrected chi connectivity index (χ3v) is 6.71. The topological polar surface area (TPSA) is 47.1 Å². The number of nitrogens with zero attached hydrogens (tertiary/aromatic N) is 4. The number of hydrazine groups is 2. The lowest BCUT2D eigenvalue weighted by molar-refractivity contribution is -0.135. The van der Waals surface area contributed by atoms with Crippen LogP contribution in [0.4, 0.5) is 0 Å². The number of allylic oxidation sites excluding steroid dienone is 1. The zero-order valence-corrected chi connectivity index (χ0v) is 17.4. The minimum absolute atomic E-state index is 0.00302. The normalized spacial score (nSPS) is 25.1. The van der Waals surface area contributed by atoms with E-state index in [9.17, 15) is 9.59 Å². The monoisotopic (exact) mass is 404 g/mol. The van der Waals surface area contributed by atoms with Gasteiger partial charge in [-0.1, -0.05) is 61.0 Å². The van der Waals surface area contributed by atoms with Crippen molar-refractivity contribution in [3.05, 3.63) is 11.0 Å². The highest BCUT2D eigenvalue weighted by Gasteiger charge is 2.41. The highest BCUT2D eigenvalue weighted by atomic mass is 32.2. The molecular formula is C14H20N4O2S4. The van der Waals surface area contributed by atoms with Crippen LogP contribution in [0, 0.1) is 5.92 Å². The van der Waals surface area contributed by atoms with E-state index in [1.165, 1.54) is 33.5 Å². The van der Waals surface area contributed by atoms with E-state index >= 15 is 0 Å². The SMILES string of the molecule is CC(C/C=C1/SC(=S)N(N(C)C)C1=O)C1SC(=S)N(N(C)C)C1=O. The molecule has 0 saturated carbocycles. The molecule has 0 aromatic heterocycles. The van der Waals surface area contributed by atoms with Crippen molar-refractivity contribution in [1.29, 1.82) is 0 Å². The minimum atomic E-state index is -0.227. The van der Waals surface area contributed by atoms with Crippen molar-refractivity contribution < 1.29 is 9.59 Å². The van der Waals surface area contributed by atoms with Crippen LogP contribution < -0.4 is 0 Å². The van der Waals surface area contributed by atoms with Crippen molar-refractivity contribution in [2.24, 2.45) is 5.92 Å². The van der Waals surface area contributed by atoms with Gasteiger partial charge in [0.15, 0.2) is 8.64 Å². The first-order valence-electron chi connectivity index (χ1n) is 7.30. The Morgan fingerprint density at radius 1 is 1.12 bits per heavy atom. The Morgan fingerprint density at radius 2 is 1.71 bits per heavy atom. The molecule has 0 aromatic rings. The molecule has 0 aromatic carbocycles. The highest BCUT2D eigenvalue weighted by molar-refractivity contribution is 8.26. The van der Waals surface area contributed by atoms with E-state index in [-0.39, 0.29) is 23.0 Å². The molecule has 0 radical (unpaired) electrons. The molecule has 0 aliphatic carbocycles. The number of carbonyl (C=O) groups is 2. The summed E-state index contributed by atoms with van der Waals surface area (Å²) in [5.74, 6) is -0.0527. The summed E-state index contributed by atoms with van der Waals surface area (Å²) in [7, 11) is 7.15. The minimum Gasteiger partial charge on any atom is -0.272 e. The van der Waals surface area contributed by atoms with Crippen molar-refractivity contribution in [3.63, 3.8) is 0 Å². The average Bonchev–Trinajstić information content (AvgIpc) is 2.92. The summed E-state index contributed by atoms with van der Waals surface area (Å²) < 4.78 is 1.09. The average molecular weight is 405 g/mol. The lowest BCUT2D eigenvalue weighted by Gasteiger charge is -2.23. The molecule has 0 N–H and O–H groups in total. The molecule has 10 heteroatoms. The molecule has 2 rings (SSSR count). The summed E-state index contributed by atoms with van der Waals surface area (Å²) in [5.41, 5.74) is 0. The van der Waals surface area contributed by atoms with Gasteiger partial charge in [0.05, 0.1) is 10.2 Å². The van der Waals surface area contributed by atoms with Gasteiger partial charge in [-0.25, -0.2) is 20.0 Å². The number of carbonyl (C=O) groups excluding carboxylic acids is 2. The maximum absolute atomic E-state index is 12.5. The van der Waals surface area contributed by atoms with Gasteiger partial charge in [-0.3, -0.25) is 9.59 Å². The third-order valence-electron chi connectivity index (χ3n) is 3.62. The predicted octanol–water partition coefficient (Wildman–Crippen LogP) is 1.94. The fourth-order valence-corrected chi connectivity index (χ4v) is 5.47. The number of rotatable bonds is 5. The van der Waals surface area contributed by atoms with Crippen LogP contribution in [-0.4, -0.2) is 73.9 Å². The molecule has 0 bridgehead atoms. The van der Waals surface area contributed by atoms with Crippen LogP contribution in [0.15, 0.2) is 11.0 Å². The van der Waals surface area contributed by atoms with E-state index in [0.717, 1.165) is 0 Å². The number of hydrogen-bond acceptors (Lipinski definition) is 8. The van der Waals surface area contributed by atoms with E-state index in [4.69, 9.17) is 24.4 Å². The van der Waals surface area contributed by atoms with Crippen molar-refractivity contribution in [1.82, 2.24) is 20.0 Å². The Hall–Kier alpha value is -0.520. The second-order valence-electron chi connectivity index (χ2n) is 5.92. The standard InChI is InChI=1S/C14H20N4O2S4/c1-8(10-12(20)18(16(4)5)14(22)24-10)6-7-9-11(19)17(15(2)3)13(21)23-9/h7-8,10H,6H2,1-5H3/b9-7+. The zero-order valence-electron chi connectivity index (χ0n) is 14.2. The van der Waals surface area contributed by atoms with E-state index in [1.807, 2.05) is 13.0 Å². The van der Waals surface area contributed by atoms with Crippen molar-refractivity contribution in [3.8, 4) is 0 Å². The summed E-state index contributed by atoms with van der Waals surface area (Å²) in [6.45, 7) is 2.00. The molecule has 6 nitrogen and oxygen atoms in total. The second kappa shape index (κ2) is 7.79. The molecule has 132 valence electrons. The quantitative estimate of drug-likeness (QED) is 0.509. The first-order valence-corrected chi connectivity index (χ1v) is 9.82. The van der Waals surface area contributed by atoms with Crippen LogP contribution in [0.3, 0.4) is 0 Å². The van der Waals surface area contributed by atoms with Crippen LogP contribution in [0.5, 0.6) is 0 Å². The third kappa shape index (κ3) is 3.83. The van der Waals surface area contributed by atoms with E-state index < -0.39 is 0 Å². The Balaban J connectivity index is 2.05. The smallest absolute Gasteiger partial charge is 0.272 e. The van der Waals surface area contributed by atoms with Gasteiger partial charge in [-0.2, -0.15) is 0 Å². The predicted molar refractivity (Wildman–Crippen MR) is 107 cm³/mol. The molecule has 2 amide bonds. The molecule has 2 heterocycles. The Kier molecular flexibility index (Phi) is 6.43. The largest absolute Gasteiger partial charge is 0.280 e. The van der Waals surface area contributed by atoms with E-state index in [2.05, 4.69) is 0 Å². The van der Waals surface area contributed by atoms with Gasteiger partial charge in [0.1, 0.15) is 0 Å². The molecule has 2 saturated heterocycles. The number of hydrogen-bond donors (Lipinski definition) is 0. The highest BCUT2D eigenvalue weighted by Crippen LogP contribution is 2.36. The van der Waals surface area contributed by atoms with Crippen LogP contribution in [0.25, 0.3) is 0 Å². The van der Waals surface area contributed by atoms with Crippen LogP contribution in [0.2, 0.25) is 0 Å². The first kappa shape index (κ1) is 19.8. The van der Waals surface area contributed by atoms with Crippen molar-refractivity contribution >= 4 is 68.4 Å². The van der Waals surface area contributed by atoms with Gasteiger partial charge in [0.2, 0.25) is 0 Å². The molecule has 0 spiro atoms. The van der Waals surface area contributed by atoms with Crippen LogP contribution >= 0.6 is 48.0 Å². The number of thioether (sulfide) groups is 2. The lowest BCUT2D eigenvalue weighted by atomic mass is 10.0. The molecule has 2 aliphatic rings. The van der Waals surface area contributed by atoms with Crippen LogP contribution in [0.1, 0.15) is 13.3 Å². The molecule has 2 unspecified atom stereocenters. The molecule has 2 fully saturated rings. The van der Waals surface area contributed by atoms with E-state index in [1.54, 1.807) is 38.2 Å². The van der Waals surface area contributed by atoms with E-state index in [0.29, 0.717) is 20.0 Å². The lowest BCUT2D eigenvalue weighted by Crippen LogP contribution is -2.42. The van der Waals surface area contributed by atoms with Crippen molar-refractivity contribution in [2.45, 2.75) is 18.6 Å². The first-order chi connectivity index (χ1) is 11.1. The summed E-state index contributed by atoms with van der Waals surface area (Å²) in [4.78, 5) is 25.5. The van der Waals surface area contributed by atoms with Crippen LogP contribution in [-0.2, 0) is 9.59 Å².